The van der Waals surface area contributed by atoms with Crippen LogP contribution in [-0.4, -0.2) is 50.3 Å². The number of carbonyl (C=O) groups is 1. The van der Waals surface area contributed by atoms with E-state index in [1.165, 1.54) is 5.69 Å². The second-order valence-electron chi connectivity index (χ2n) is 6.29. The van der Waals surface area contributed by atoms with E-state index in [0.29, 0.717) is 18.4 Å². The molecule has 1 atom stereocenters. The first kappa shape index (κ1) is 15.6. The quantitative estimate of drug-likeness (QED) is 0.883. The number of aromatic amines is 1. The highest BCUT2D eigenvalue weighted by atomic mass is 16.2. The van der Waals surface area contributed by atoms with Crippen LogP contribution in [0.5, 0.6) is 0 Å². The maximum absolute atomic E-state index is 12.3. The molecule has 3 heterocycles. The summed E-state index contributed by atoms with van der Waals surface area (Å²) in [5, 5.41) is 7.23. The van der Waals surface area contributed by atoms with Gasteiger partial charge in [0.25, 0.3) is 0 Å². The molecule has 0 bridgehead atoms. The fourth-order valence-electron chi connectivity index (χ4n) is 3.05. The maximum atomic E-state index is 12.3. The van der Waals surface area contributed by atoms with Crippen LogP contribution < -0.4 is 5.32 Å². The van der Waals surface area contributed by atoms with Crippen LogP contribution in [-0.2, 0) is 6.54 Å². The van der Waals surface area contributed by atoms with Crippen molar-refractivity contribution in [2.45, 2.75) is 32.2 Å². The lowest BCUT2D eigenvalue weighted by molar-refractivity contribution is 0.179. The topological polar surface area (TPSA) is 78.8 Å². The molecule has 0 saturated carbocycles. The Morgan fingerprint density at radius 1 is 1.48 bits per heavy atom. The Kier molecular flexibility index (Phi) is 4.95. The highest BCUT2D eigenvalue weighted by Crippen LogP contribution is 2.26. The molecule has 7 heteroatoms. The highest BCUT2D eigenvalue weighted by Gasteiger charge is 2.24. The van der Waals surface area contributed by atoms with Crippen LogP contribution in [0.4, 0.5) is 4.79 Å². The fraction of sp³-hybridized carbons (Fsp3) is 0.562. The van der Waals surface area contributed by atoms with E-state index in [1.807, 2.05) is 28.0 Å². The standard InChI is InChI=1S/C16H24N6O/c1-13(11-22-6-2-5-20-22)9-18-16(23)21-7-3-14(4-8-21)15-10-17-12-19-15/h2,5-6,10,12-14H,3-4,7-9,11H2,1H3,(H,17,19)(H,18,23)/t13-/m0/s1. The zero-order chi connectivity index (χ0) is 16.1. The molecule has 1 aliphatic heterocycles. The summed E-state index contributed by atoms with van der Waals surface area (Å²) in [6.45, 7) is 5.19. The number of amides is 2. The Bertz CT molecular complexity index is 586. The second-order valence-corrected chi connectivity index (χ2v) is 6.29. The number of H-pyrrole nitrogens is 1. The largest absolute Gasteiger partial charge is 0.348 e. The monoisotopic (exact) mass is 316 g/mol. The summed E-state index contributed by atoms with van der Waals surface area (Å²) in [7, 11) is 0. The minimum Gasteiger partial charge on any atom is -0.348 e. The van der Waals surface area contributed by atoms with Crippen molar-refractivity contribution in [2.75, 3.05) is 19.6 Å². The van der Waals surface area contributed by atoms with E-state index in [2.05, 4.69) is 27.3 Å². The summed E-state index contributed by atoms with van der Waals surface area (Å²) in [4.78, 5) is 21.4. The Balaban J connectivity index is 1.39. The molecule has 0 radical (unpaired) electrons. The summed E-state index contributed by atoms with van der Waals surface area (Å²) >= 11 is 0. The van der Waals surface area contributed by atoms with Crippen molar-refractivity contribution >= 4 is 6.03 Å². The van der Waals surface area contributed by atoms with Crippen molar-refractivity contribution in [3.8, 4) is 0 Å². The van der Waals surface area contributed by atoms with Gasteiger partial charge in [0.05, 0.1) is 6.33 Å². The van der Waals surface area contributed by atoms with Crippen molar-refractivity contribution in [1.29, 1.82) is 0 Å². The smallest absolute Gasteiger partial charge is 0.317 e. The van der Waals surface area contributed by atoms with Crippen LogP contribution >= 0.6 is 0 Å². The molecular formula is C16H24N6O. The Morgan fingerprint density at radius 3 is 2.96 bits per heavy atom. The number of piperidine rings is 1. The van der Waals surface area contributed by atoms with Crippen molar-refractivity contribution in [1.82, 2.24) is 30.0 Å². The zero-order valence-corrected chi connectivity index (χ0v) is 13.5. The van der Waals surface area contributed by atoms with Crippen molar-refractivity contribution in [2.24, 2.45) is 5.92 Å². The van der Waals surface area contributed by atoms with Gasteiger partial charge >= 0.3 is 6.03 Å². The first-order chi connectivity index (χ1) is 11.2. The Morgan fingerprint density at radius 2 is 2.30 bits per heavy atom. The van der Waals surface area contributed by atoms with Gasteiger partial charge in [0, 0.05) is 56.4 Å². The molecule has 0 aromatic carbocycles. The predicted molar refractivity (Wildman–Crippen MR) is 86.9 cm³/mol. The van der Waals surface area contributed by atoms with Crippen LogP contribution in [0.15, 0.2) is 31.0 Å². The molecule has 23 heavy (non-hydrogen) atoms. The SMILES string of the molecule is C[C@@H](CNC(=O)N1CCC(c2cnc[nH]2)CC1)Cn1cccn1. The van der Waals surface area contributed by atoms with Gasteiger partial charge in [-0.2, -0.15) is 5.10 Å². The first-order valence-corrected chi connectivity index (χ1v) is 8.21. The lowest BCUT2D eigenvalue weighted by Crippen LogP contribution is -2.45. The van der Waals surface area contributed by atoms with E-state index in [1.54, 1.807) is 12.5 Å². The highest BCUT2D eigenvalue weighted by molar-refractivity contribution is 5.74. The molecule has 1 saturated heterocycles. The van der Waals surface area contributed by atoms with Crippen molar-refractivity contribution < 1.29 is 4.79 Å². The van der Waals surface area contributed by atoms with Gasteiger partial charge in [0.2, 0.25) is 0 Å². The van der Waals surface area contributed by atoms with Crippen molar-refractivity contribution in [3.63, 3.8) is 0 Å². The van der Waals surface area contributed by atoms with Gasteiger partial charge in [-0.05, 0) is 24.8 Å². The number of carbonyl (C=O) groups excluding carboxylic acids is 1. The minimum absolute atomic E-state index is 0.0420. The van der Waals surface area contributed by atoms with Gasteiger partial charge in [-0.3, -0.25) is 4.68 Å². The molecule has 0 unspecified atom stereocenters. The zero-order valence-electron chi connectivity index (χ0n) is 13.5. The third-order valence-corrected chi connectivity index (χ3v) is 4.40. The van der Waals surface area contributed by atoms with Gasteiger partial charge in [0.15, 0.2) is 0 Å². The van der Waals surface area contributed by atoms with Gasteiger partial charge in [-0.1, -0.05) is 6.92 Å². The summed E-state index contributed by atoms with van der Waals surface area (Å²) in [5.41, 5.74) is 1.18. The number of nitrogens with one attached hydrogen (secondary N) is 2. The number of imidazole rings is 1. The molecule has 2 aromatic heterocycles. The molecule has 2 N–H and O–H groups in total. The van der Waals surface area contributed by atoms with Crippen LogP contribution in [0.2, 0.25) is 0 Å². The minimum atomic E-state index is 0.0420. The summed E-state index contributed by atoms with van der Waals surface area (Å²) in [6, 6.07) is 1.95. The predicted octanol–water partition coefficient (Wildman–Crippen LogP) is 1.83. The van der Waals surface area contributed by atoms with Gasteiger partial charge in [-0.25, -0.2) is 9.78 Å². The Labute approximate surface area is 136 Å². The third kappa shape index (κ3) is 4.12. The molecule has 0 aliphatic carbocycles. The average molecular weight is 316 g/mol. The van der Waals surface area contributed by atoms with E-state index >= 15 is 0 Å². The molecule has 3 rings (SSSR count). The molecule has 7 nitrogen and oxygen atoms in total. The second kappa shape index (κ2) is 7.30. The van der Waals surface area contributed by atoms with E-state index in [-0.39, 0.29) is 6.03 Å². The molecule has 124 valence electrons. The van der Waals surface area contributed by atoms with Crippen molar-refractivity contribution in [3.05, 3.63) is 36.7 Å². The maximum Gasteiger partial charge on any atom is 0.317 e. The number of aromatic nitrogens is 4. The average Bonchev–Trinajstić information content (AvgIpc) is 3.26. The number of likely N-dealkylation sites (tertiary alicyclic amines) is 1. The normalized spacial score (nSPS) is 17.2. The van der Waals surface area contributed by atoms with Crippen LogP contribution in [0.1, 0.15) is 31.4 Å². The van der Waals surface area contributed by atoms with Gasteiger partial charge in [0.1, 0.15) is 0 Å². The van der Waals surface area contributed by atoms with E-state index in [9.17, 15) is 4.79 Å². The van der Waals surface area contributed by atoms with Crippen LogP contribution in [0.25, 0.3) is 0 Å². The van der Waals surface area contributed by atoms with E-state index in [0.717, 1.165) is 32.5 Å². The molecule has 2 amide bonds. The summed E-state index contributed by atoms with van der Waals surface area (Å²) in [5.74, 6) is 0.835. The lowest BCUT2D eigenvalue weighted by atomic mass is 9.94. The number of nitrogens with zero attached hydrogens (tertiary/aromatic N) is 4. The van der Waals surface area contributed by atoms with Crippen LogP contribution in [0.3, 0.4) is 0 Å². The van der Waals surface area contributed by atoms with Crippen LogP contribution in [0, 0.1) is 5.92 Å². The number of rotatable bonds is 5. The van der Waals surface area contributed by atoms with E-state index < -0.39 is 0 Å². The molecular weight excluding hydrogens is 292 g/mol. The summed E-state index contributed by atoms with van der Waals surface area (Å²) < 4.78 is 1.90. The molecule has 1 aliphatic rings. The van der Waals surface area contributed by atoms with Gasteiger partial charge < -0.3 is 15.2 Å². The fourth-order valence-corrected chi connectivity index (χ4v) is 3.05. The number of urea groups is 1. The molecule has 2 aromatic rings. The van der Waals surface area contributed by atoms with Gasteiger partial charge in [-0.15, -0.1) is 0 Å². The third-order valence-electron chi connectivity index (χ3n) is 4.40. The van der Waals surface area contributed by atoms with E-state index in [4.69, 9.17) is 0 Å². The lowest BCUT2D eigenvalue weighted by Gasteiger charge is -2.31. The first-order valence-electron chi connectivity index (χ1n) is 8.21. The molecule has 0 spiro atoms. The molecule has 1 fully saturated rings. The number of hydrogen-bond acceptors (Lipinski definition) is 3. The summed E-state index contributed by atoms with van der Waals surface area (Å²) in [6.07, 6.45) is 9.29. The number of hydrogen-bond donors (Lipinski definition) is 2. The Hall–Kier alpha value is -2.31.